The van der Waals surface area contributed by atoms with Gasteiger partial charge in [0.2, 0.25) is 0 Å². The molecule has 3 heterocycles. The molecule has 1 saturated carbocycles. The van der Waals surface area contributed by atoms with Gasteiger partial charge >= 0.3 is 0 Å². The molecule has 3 fully saturated rings. The Bertz CT molecular complexity index is 766. The highest BCUT2D eigenvalue weighted by Gasteiger charge is 2.33. The van der Waals surface area contributed by atoms with E-state index in [4.69, 9.17) is 4.74 Å². The number of ether oxygens (including phenoxy) is 1. The summed E-state index contributed by atoms with van der Waals surface area (Å²) < 4.78 is 7.44. The van der Waals surface area contributed by atoms with Gasteiger partial charge in [-0.2, -0.15) is 5.10 Å². The smallest absolute Gasteiger partial charge is 0.0682 e. The van der Waals surface area contributed by atoms with E-state index in [1.807, 2.05) is 6.20 Å². The van der Waals surface area contributed by atoms with Crippen LogP contribution >= 0.6 is 0 Å². The van der Waals surface area contributed by atoms with E-state index in [2.05, 4.69) is 51.9 Å². The normalized spacial score (nSPS) is 26.5. The summed E-state index contributed by atoms with van der Waals surface area (Å²) in [5.74, 6) is 1.43. The van der Waals surface area contributed by atoms with E-state index in [1.54, 1.807) is 12.7 Å². The molecule has 140 valence electrons. The number of hydrogen-bond donors (Lipinski definition) is 0. The zero-order chi connectivity index (χ0) is 17.9. The lowest BCUT2D eigenvalue weighted by Gasteiger charge is -2.38. The van der Waals surface area contributed by atoms with Crippen LogP contribution in [0, 0.1) is 11.8 Å². The number of piperidine rings is 1. The van der Waals surface area contributed by atoms with Gasteiger partial charge < -0.3 is 4.74 Å². The van der Waals surface area contributed by atoms with Crippen LogP contribution in [0.3, 0.4) is 0 Å². The predicted molar refractivity (Wildman–Crippen MR) is 106 cm³/mol. The van der Waals surface area contributed by atoms with Crippen molar-refractivity contribution in [1.82, 2.24) is 14.7 Å². The van der Waals surface area contributed by atoms with Gasteiger partial charge in [-0.3, -0.25) is 9.58 Å². The van der Waals surface area contributed by atoms with Crippen molar-refractivity contribution in [3.63, 3.8) is 0 Å². The fourth-order valence-corrected chi connectivity index (χ4v) is 4.85. The zero-order valence-electron chi connectivity index (χ0n) is 16.1. The molecular weight excluding hydrogens is 322 g/mol. The minimum absolute atomic E-state index is 0.601. The maximum absolute atomic E-state index is 5.26. The Balaban J connectivity index is 1.40. The lowest BCUT2D eigenvalue weighted by molar-refractivity contribution is 0.103. The maximum Gasteiger partial charge on any atom is 0.0682 e. The lowest BCUT2D eigenvalue weighted by Crippen LogP contribution is -2.43. The molecular formula is C22H31N3O. The summed E-state index contributed by atoms with van der Waals surface area (Å²) in [5.41, 5.74) is 2.87. The Labute approximate surface area is 156 Å². The molecule has 2 saturated heterocycles. The van der Waals surface area contributed by atoms with E-state index in [9.17, 15) is 0 Å². The van der Waals surface area contributed by atoms with E-state index in [0.29, 0.717) is 12.0 Å². The summed E-state index contributed by atoms with van der Waals surface area (Å²) in [6, 6.07) is 9.22. The molecule has 0 radical (unpaired) electrons. The Hall–Kier alpha value is -1.65. The molecule has 0 N–H and O–H groups in total. The molecule has 2 aromatic rings. The number of fused-ring (bicyclic) bond motifs is 5. The van der Waals surface area contributed by atoms with E-state index in [0.717, 1.165) is 19.1 Å². The number of hydrogen-bond acceptors (Lipinski definition) is 3. The summed E-state index contributed by atoms with van der Waals surface area (Å²) in [6.07, 6.45) is 9.57. The third-order valence-corrected chi connectivity index (χ3v) is 6.09. The largest absolute Gasteiger partial charge is 0.381 e. The molecule has 1 aromatic heterocycles. The molecule has 4 heteroatoms. The van der Waals surface area contributed by atoms with Crippen molar-refractivity contribution in [2.24, 2.45) is 11.8 Å². The van der Waals surface area contributed by atoms with E-state index in [1.165, 1.54) is 49.7 Å². The predicted octanol–water partition coefficient (Wildman–Crippen LogP) is 4.12. The van der Waals surface area contributed by atoms with Gasteiger partial charge in [0.05, 0.1) is 18.3 Å². The van der Waals surface area contributed by atoms with Crippen LogP contribution in [0.15, 0.2) is 42.1 Å². The number of aromatic nitrogens is 2. The average Bonchev–Trinajstić information content (AvgIpc) is 2.84. The number of rotatable bonds is 6. The van der Waals surface area contributed by atoms with Crippen molar-refractivity contribution >= 4 is 10.9 Å². The standard InChI is InChI=1S/C22H31N3O/c1-17(15-25-22-6-4-3-5-20(22)13-23-25)14-24-16-19-7-8-21(24)12-18(11-19)9-10-26-2/h3-6,9,13,17,19,21H,7-8,10-12,14-16H2,1-2H3. The minimum atomic E-state index is 0.601. The van der Waals surface area contributed by atoms with Gasteiger partial charge in [-0.05, 0) is 43.6 Å². The highest BCUT2D eigenvalue weighted by molar-refractivity contribution is 5.78. The number of para-hydroxylation sites is 1. The molecule has 5 rings (SSSR count). The first-order valence-electron chi connectivity index (χ1n) is 10.0. The zero-order valence-corrected chi connectivity index (χ0v) is 16.1. The Morgan fingerprint density at radius 2 is 2.12 bits per heavy atom. The molecule has 0 amide bonds. The van der Waals surface area contributed by atoms with E-state index >= 15 is 0 Å². The second kappa shape index (κ2) is 7.93. The van der Waals surface area contributed by atoms with Gasteiger partial charge in [0.1, 0.15) is 0 Å². The third-order valence-electron chi connectivity index (χ3n) is 6.09. The van der Waals surface area contributed by atoms with Crippen LogP contribution in [0.5, 0.6) is 0 Å². The summed E-state index contributed by atoms with van der Waals surface area (Å²) >= 11 is 0. The van der Waals surface area contributed by atoms with Gasteiger partial charge in [0, 0.05) is 38.2 Å². The minimum Gasteiger partial charge on any atom is -0.381 e. The van der Waals surface area contributed by atoms with Gasteiger partial charge in [-0.25, -0.2) is 0 Å². The first kappa shape index (κ1) is 17.7. The first-order chi connectivity index (χ1) is 12.7. The fraction of sp³-hybridized carbons (Fsp3) is 0.591. The lowest BCUT2D eigenvalue weighted by atomic mass is 9.93. The maximum atomic E-state index is 5.26. The summed E-state index contributed by atoms with van der Waals surface area (Å²) in [6.45, 7) is 6.56. The third kappa shape index (κ3) is 3.86. The van der Waals surface area contributed by atoms with Crippen molar-refractivity contribution in [3.8, 4) is 0 Å². The van der Waals surface area contributed by atoms with E-state index < -0.39 is 0 Å². The molecule has 3 aliphatic rings. The van der Waals surface area contributed by atoms with Crippen LogP contribution in [0.2, 0.25) is 0 Å². The van der Waals surface area contributed by atoms with Crippen LogP contribution in [-0.4, -0.2) is 47.5 Å². The van der Waals surface area contributed by atoms with Gasteiger partial charge in [-0.1, -0.05) is 36.8 Å². The molecule has 1 aromatic carbocycles. The van der Waals surface area contributed by atoms with Gasteiger partial charge in [0.15, 0.2) is 0 Å². The number of benzene rings is 1. The average molecular weight is 354 g/mol. The van der Waals surface area contributed by atoms with Crippen molar-refractivity contribution < 1.29 is 4.74 Å². The Morgan fingerprint density at radius 3 is 3.00 bits per heavy atom. The van der Waals surface area contributed by atoms with Crippen molar-refractivity contribution in [3.05, 3.63) is 42.1 Å². The Morgan fingerprint density at radius 1 is 1.23 bits per heavy atom. The highest BCUT2D eigenvalue weighted by atomic mass is 16.5. The molecule has 3 unspecified atom stereocenters. The summed E-state index contributed by atoms with van der Waals surface area (Å²) in [7, 11) is 1.79. The van der Waals surface area contributed by atoms with E-state index in [-0.39, 0.29) is 0 Å². The summed E-state index contributed by atoms with van der Waals surface area (Å²) in [4.78, 5) is 2.76. The number of methoxy groups -OCH3 is 1. The fourth-order valence-electron chi connectivity index (χ4n) is 4.85. The number of nitrogens with zero attached hydrogens (tertiary/aromatic N) is 3. The SMILES string of the molecule is COCC=C1CC2CCC(C1)N(CC(C)Cn1ncc3ccccc31)C2. The Kier molecular flexibility index (Phi) is 5.41. The summed E-state index contributed by atoms with van der Waals surface area (Å²) in [5, 5.41) is 5.85. The molecule has 0 spiro atoms. The first-order valence-corrected chi connectivity index (χ1v) is 10.0. The molecule has 4 nitrogen and oxygen atoms in total. The van der Waals surface area contributed by atoms with Crippen molar-refractivity contribution in [1.29, 1.82) is 0 Å². The van der Waals surface area contributed by atoms with Crippen LogP contribution in [0.4, 0.5) is 0 Å². The molecule has 26 heavy (non-hydrogen) atoms. The monoisotopic (exact) mass is 353 g/mol. The molecule has 2 bridgehead atoms. The van der Waals surface area contributed by atoms with Crippen LogP contribution in [0.25, 0.3) is 10.9 Å². The van der Waals surface area contributed by atoms with Crippen molar-refractivity contribution in [2.45, 2.75) is 45.2 Å². The van der Waals surface area contributed by atoms with Gasteiger partial charge in [0.25, 0.3) is 0 Å². The second-order valence-electron chi connectivity index (χ2n) is 8.27. The van der Waals surface area contributed by atoms with Crippen LogP contribution < -0.4 is 0 Å². The molecule has 3 atom stereocenters. The molecule has 1 aliphatic carbocycles. The molecule has 2 aliphatic heterocycles. The van der Waals surface area contributed by atoms with Crippen molar-refractivity contribution in [2.75, 3.05) is 26.8 Å². The van der Waals surface area contributed by atoms with Gasteiger partial charge in [-0.15, -0.1) is 0 Å². The van der Waals surface area contributed by atoms with Crippen LogP contribution in [-0.2, 0) is 11.3 Å². The van der Waals surface area contributed by atoms with Crippen LogP contribution in [0.1, 0.15) is 32.6 Å². The highest BCUT2D eigenvalue weighted by Crippen LogP contribution is 2.36. The second-order valence-corrected chi connectivity index (χ2v) is 8.27. The quantitative estimate of drug-likeness (QED) is 0.732. The topological polar surface area (TPSA) is 30.3 Å².